The number of hydrogen-bond donors (Lipinski definition) is 1. The van der Waals surface area contributed by atoms with Gasteiger partial charge >= 0.3 is 0 Å². The predicted octanol–water partition coefficient (Wildman–Crippen LogP) is 2.25. The molecule has 0 heterocycles. The Labute approximate surface area is 94.4 Å². The van der Waals surface area contributed by atoms with E-state index in [9.17, 15) is 0 Å². The lowest BCUT2D eigenvalue weighted by Crippen LogP contribution is -2.42. The van der Waals surface area contributed by atoms with Crippen molar-refractivity contribution >= 4 is 0 Å². The maximum atomic E-state index is 3.51. The number of rotatable bonds is 8. The fourth-order valence-electron chi connectivity index (χ4n) is 2.45. The molecular weight excluding hydrogens is 184 g/mol. The van der Waals surface area contributed by atoms with Crippen molar-refractivity contribution in [3.63, 3.8) is 0 Å². The van der Waals surface area contributed by atoms with E-state index in [4.69, 9.17) is 0 Å². The van der Waals surface area contributed by atoms with Crippen molar-refractivity contribution in [2.24, 2.45) is 5.92 Å². The summed E-state index contributed by atoms with van der Waals surface area (Å²) in [6, 6.07) is 1.70. The van der Waals surface area contributed by atoms with Gasteiger partial charge in [0.25, 0.3) is 0 Å². The lowest BCUT2D eigenvalue weighted by molar-refractivity contribution is 0.223. The molecular formula is C13H26N2. The lowest BCUT2D eigenvalue weighted by Gasteiger charge is -2.27. The largest absolute Gasteiger partial charge is 0.315 e. The topological polar surface area (TPSA) is 15.3 Å². The van der Waals surface area contributed by atoms with Gasteiger partial charge < -0.3 is 5.32 Å². The molecule has 0 aromatic heterocycles. The highest BCUT2D eigenvalue weighted by Gasteiger charge is 2.35. The van der Waals surface area contributed by atoms with Crippen molar-refractivity contribution in [3.05, 3.63) is 0 Å². The Hall–Kier alpha value is -0.0800. The number of nitrogens with zero attached hydrogens (tertiary/aromatic N) is 1. The van der Waals surface area contributed by atoms with Gasteiger partial charge in [-0.15, -0.1) is 0 Å². The standard InChI is InChI=1S/C13H26N2/c1-3-4-9-15(12-7-8-12)10-13(14-2)11-5-6-11/h11-14H,3-10H2,1-2H3. The summed E-state index contributed by atoms with van der Waals surface area (Å²) < 4.78 is 0. The molecule has 2 aliphatic rings. The molecule has 0 amide bonds. The average Bonchev–Trinajstić information content (AvgIpc) is 3.08. The van der Waals surface area contributed by atoms with Crippen LogP contribution >= 0.6 is 0 Å². The molecule has 2 rings (SSSR count). The monoisotopic (exact) mass is 210 g/mol. The zero-order valence-corrected chi connectivity index (χ0v) is 10.3. The molecule has 2 aliphatic carbocycles. The van der Waals surface area contributed by atoms with Crippen LogP contribution in [-0.2, 0) is 0 Å². The molecule has 2 heteroatoms. The Bertz CT molecular complexity index is 185. The molecule has 0 saturated heterocycles. The van der Waals surface area contributed by atoms with Crippen molar-refractivity contribution in [1.29, 1.82) is 0 Å². The SMILES string of the molecule is CCCCN(CC(NC)C1CC1)C1CC1. The molecule has 0 aromatic carbocycles. The Morgan fingerprint density at radius 2 is 2.00 bits per heavy atom. The molecule has 0 bridgehead atoms. The van der Waals surface area contributed by atoms with Crippen LogP contribution in [0.2, 0.25) is 0 Å². The van der Waals surface area contributed by atoms with Crippen LogP contribution < -0.4 is 5.32 Å². The molecule has 15 heavy (non-hydrogen) atoms. The number of unbranched alkanes of at least 4 members (excludes halogenated alkanes) is 1. The van der Waals surface area contributed by atoms with Crippen molar-refractivity contribution < 1.29 is 0 Å². The first-order chi connectivity index (χ1) is 7.35. The summed E-state index contributed by atoms with van der Waals surface area (Å²) in [5.41, 5.74) is 0. The second-order valence-corrected chi connectivity index (χ2v) is 5.31. The van der Waals surface area contributed by atoms with Crippen molar-refractivity contribution in [2.75, 3.05) is 20.1 Å². The summed E-state index contributed by atoms with van der Waals surface area (Å²) in [4.78, 5) is 2.74. The van der Waals surface area contributed by atoms with Crippen LogP contribution in [0.15, 0.2) is 0 Å². The highest BCUT2D eigenvalue weighted by atomic mass is 15.2. The highest BCUT2D eigenvalue weighted by molar-refractivity contribution is 4.92. The highest BCUT2D eigenvalue weighted by Crippen LogP contribution is 2.34. The molecule has 2 nitrogen and oxygen atoms in total. The van der Waals surface area contributed by atoms with Crippen LogP contribution in [0.3, 0.4) is 0 Å². The molecule has 88 valence electrons. The molecule has 0 spiro atoms. The van der Waals surface area contributed by atoms with Crippen LogP contribution in [0.1, 0.15) is 45.4 Å². The first-order valence-electron chi connectivity index (χ1n) is 6.76. The third kappa shape index (κ3) is 3.46. The van der Waals surface area contributed by atoms with Crippen LogP contribution in [0.25, 0.3) is 0 Å². The Morgan fingerprint density at radius 3 is 2.47 bits per heavy atom. The third-order valence-electron chi connectivity index (χ3n) is 3.86. The second-order valence-electron chi connectivity index (χ2n) is 5.31. The zero-order chi connectivity index (χ0) is 10.7. The summed E-state index contributed by atoms with van der Waals surface area (Å²) in [5.74, 6) is 0.984. The Kier molecular flexibility index (Phi) is 4.04. The fourth-order valence-corrected chi connectivity index (χ4v) is 2.45. The van der Waals surface area contributed by atoms with Gasteiger partial charge in [0.1, 0.15) is 0 Å². The summed E-state index contributed by atoms with van der Waals surface area (Å²) in [7, 11) is 2.13. The summed E-state index contributed by atoms with van der Waals surface area (Å²) in [6.07, 6.45) is 8.51. The number of nitrogens with one attached hydrogen (secondary N) is 1. The summed E-state index contributed by atoms with van der Waals surface area (Å²) >= 11 is 0. The summed E-state index contributed by atoms with van der Waals surface area (Å²) in [5, 5.41) is 3.51. The predicted molar refractivity (Wildman–Crippen MR) is 65.1 cm³/mol. The van der Waals surface area contributed by atoms with Crippen LogP contribution in [0.4, 0.5) is 0 Å². The van der Waals surface area contributed by atoms with E-state index in [-0.39, 0.29) is 0 Å². The van der Waals surface area contributed by atoms with E-state index in [0.29, 0.717) is 0 Å². The average molecular weight is 210 g/mol. The van der Waals surface area contributed by atoms with Crippen LogP contribution in [0.5, 0.6) is 0 Å². The van der Waals surface area contributed by atoms with Gasteiger partial charge in [-0.1, -0.05) is 13.3 Å². The first kappa shape index (κ1) is 11.4. The summed E-state index contributed by atoms with van der Waals surface area (Å²) in [6.45, 7) is 4.92. The molecule has 1 atom stereocenters. The van der Waals surface area contributed by atoms with Gasteiger partial charge in [0.15, 0.2) is 0 Å². The molecule has 2 saturated carbocycles. The molecule has 0 aromatic rings. The van der Waals surface area contributed by atoms with E-state index in [1.165, 1.54) is 51.6 Å². The van der Waals surface area contributed by atoms with E-state index >= 15 is 0 Å². The van der Waals surface area contributed by atoms with Crippen LogP contribution in [-0.4, -0.2) is 37.1 Å². The van der Waals surface area contributed by atoms with Crippen molar-refractivity contribution in [3.8, 4) is 0 Å². The molecule has 1 unspecified atom stereocenters. The molecule has 0 aliphatic heterocycles. The van der Waals surface area contributed by atoms with Gasteiger partial charge in [-0.25, -0.2) is 0 Å². The molecule has 1 N–H and O–H groups in total. The minimum absolute atomic E-state index is 0.766. The fraction of sp³-hybridized carbons (Fsp3) is 1.00. The number of hydrogen-bond acceptors (Lipinski definition) is 2. The van der Waals surface area contributed by atoms with Gasteiger partial charge in [0, 0.05) is 18.6 Å². The Balaban J connectivity index is 1.75. The quantitative estimate of drug-likeness (QED) is 0.661. The Morgan fingerprint density at radius 1 is 1.27 bits per heavy atom. The third-order valence-corrected chi connectivity index (χ3v) is 3.86. The lowest BCUT2D eigenvalue weighted by atomic mass is 10.1. The maximum absolute atomic E-state index is 3.51. The van der Waals surface area contributed by atoms with Gasteiger partial charge in [0.2, 0.25) is 0 Å². The molecule has 2 fully saturated rings. The van der Waals surface area contributed by atoms with Gasteiger partial charge in [-0.2, -0.15) is 0 Å². The van der Waals surface area contributed by atoms with E-state index < -0.39 is 0 Å². The normalized spacial score (nSPS) is 23.4. The van der Waals surface area contributed by atoms with Crippen LogP contribution in [0, 0.1) is 5.92 Å². The number of likely N-dealkylation sites (N-methyl/N-ethyl adjacent to an activating group) is 1. The molecule has 0 radical (unpaired) electrons. The van der Waals surface area contributed by atoms with E-state index in [1.54, 1.807) is 0 Å². The van der Waals surface area contributed by atoms with Gasteiger partial charge in [-0.05, 0) is 51.6 Å². The first-order valence-corrected chi connectivity index (χ1v) is 6.76. The smallest absolute Gasteiger partial charge is 0.0220 e. The minimum atomic E-state index is 0.766. The zero-order valence-electron chi connectivity index (χ0n) is 10.3. The van der Waals surface area contributed by atoms with Gasteiger partial charge in [-0.3, -0.25) is 4.90 Å². The van der Waals surface area contributed by atoms with Crippen molar-refractivity contribution in [2.45, 2.75) is 57.5 Å². The second kappa shape index (κ2) is 5.31. The van der Waals surface area contributed by atoms with E-state index in [2.05, 4.69) is 24.2 Å². The maximum Gasteiger partial charge on any atom is 0.0220 e. The minimum Gasteiger partial charge on any atom is -0.315 e. The van der Waals surface area contributed by atoms with Crippen molar-refractivity contribution in [1.82, 2.24) is 10.2 Å². The van der Waals surface area contributed by atoms with Gasteiger partial charge in [0.05, 0.1) is 0 Å². The van der Waals surface area contributed by atoms with E-state index in [1.807, 2.05) is 0 Å². The van der Waals surface area contributed by atoms with E-state index in [0.717, 1.165) is 18.0 Å².